The van der Waals surface area contributed by atoms with Gasteiger partial charge >= 0.3 is 0 Å². The van der Waals surface area contributed by atoms with E-state index in [1.54, 1.807) is 30.1 Å². The number of hydrogen-bond acceptors (Lipinski definition) is 10. The van der Waals surface area contributed by atoms with E-state index in [0.717, 1.165) is 22.7 Å². The molecule has 0 spiro atoms. The zero-order valence-electron chi connectivity index (χ0n) is 22.5. The number of aromatic nitrogens is 5. The zero-order valence-corrected chi connectivity index (χ0v) is 24.1. The molecule has 1 aromatic carbocycles. The van der Waals surface area contributed by atoms with Gasteiger partial charge in [0.15, 0.2) is 15.5 Å². The summed E-state index contributed by atoms with van der Waals surface area (Å²) in [6.07, 6.45) is 2.88. The largest absolute Gasteiger partial charge is 0.353 e. The molecule has 1 aliphatic rings. The number of rotatable bonds is 6. The quantitative estimate of drug-likeness (QED) is 0.263. The summed E-state index contributed by atoms with van der Waals surface area (Å²) in [5, 5.41) is 10.2. The number of hydrogen-bond donors (Lipinski definition) is 4. The molecular weight excluding hydrogens is 520 g/mol. The molecule has 1 atom stereocenters. The van der Waals surface area contributed by atoms with Crippen molar-refractivity contribution in [1.82, 2.24) is 30.2 Å². The third kappa shape index (κ3) is 5.20. The van der Waals surface area contributed by atoms with Crippen molar-refractivity contribution in [2.24, 2.45) is 0 Å². The van der Waals surface area contributed by atoms with Gasteiger partial charge in [-0.2, -0.15) is 0 Å². The minimum absolute atomic E-state index is 0.0491. The molecule has 200 valence electrons. The highest BCUT2D eigenvalue weighted by atomic mass is 32.2. The Morgan fingerprint density at radius 1 is 0.947 bits per heavy atom. The summed E-state index contributed by atoms with van der Waals surface area (Å²) in [5.74, 6) is 2.67. The van der Waals surface area contributed by atoms with E-state index in [-0.39, 0.29) is 10.4 Å². The summed E-state index contributed by atoms with van der Waals surface area (Å²) in [6.45, 7) is 12.0. The van der Waals surface area contributed by atoms with Crippen molar-refractivity contribution in [3.8, 4) is 0 Å². The molecule has 3 aromatic heterocycles. The molecule has 0 aliphatic carbocycles. The molecule has 1 fully saturated rings. The molecule has 0 bridgehead atoms. The van der Waals surface area contributed by atoms with Crippen LogP contribution in [0.5, 0.6) is 0 Å². The van der Waals surface area contributed by atoms with Crippen LogP contribution in [0, 0.1) is 20.8 Å². The summed E-state index contributed by atoms with van der Waals surface area (Å²) >= 11 is 1.78. The van der Waals surface area contributed by atoms with Gasteiger partial charge in [0.05, 0.1) is 38.7 Å². The first-order valence-corrected chi connectivity index (χ1v) is 15.1. The molecule has 1 unspecified atom stereocenters. The van der Waals surface area contributed by atoms with Crippen molar-refractivity contribution in [1.29, 1.82) is 0 Å². The predicted molar refractivity (Wildman–Crippen MR) is 153 cm³/mol. The monoisotopic (exact) mass is 552 g/mol. The number of nitrogens with zero attached hydrogens (tertiary/aromatic N) is 4. The topological polar surface area (TPSA) is 138 Å². The first kappa shape index (κ1) is 26.4. The number of benzene rings is 1. The van der Waals surface area contributed by atoms with E-state index >= 15 is 0 Å². The molecule has 4 N–H and O–H groups in total. The van der Waals surface area contributed by atoms with Crippen molar-refractivity contribution >= 4 is 55.8 Å². The predicted octanol–water partition coefficient (Wildman–Crippen LogP) is 4.85. The van der Waals surface area contributed by atoms with Gasteiger partial charge in [0.1, 0.15) is 23.0 Å². The first-order chi connectivity index (χ1) is 17.7. The van der Waals surface area contributed by atoms with Crippen LogP contribution in [0.3, 0.4) is 0 Å². The van der Waals surface area contributed by atoms with Gasteiger partial charge in [0.25, 0.3) is 0 Å². The van der Waals surface area contributed by atoms with E-state index in [0.29, 0.717) is 40.0 Å². The highest BCUT2D eigenvalue weighted by Crippen LogP contribution is 2.44. The number of imidazole rings is 1. The number of aromatic amines is 1. The molecule has 0 saturated carbocycles. The third-order valence-corrected chi connectivity index (χ3v) is 9.45. The summed E-state index contributed by atoms with van der Waals surface area (Å²) in [5.41, 5.74) is 4.79. The maximum Gasteiger partial charge on any atom is 0.181 e. The van der Waals surface area contributed by atoms with Crippen molar-refractivity contribution in [2.75, 3.05) is 22.6 Å². The van der Waals surface area contributed by atoms with E-state index < -0.39 is 14.7 Å². The van der Waals surface area contributed by atoms with Crippen LogP contribution in [0.25, 0.3) is 11.2 Å². The van der Waals surface area contributed by atoms with Gasteiger partial charge in [-0.15, -0.1) is 11.8 Å². The number of aryl methyl sites for hydroxylation is 3. The summed E-state index contributed by atoms with van der Waals surface area (Å²) in [7, 11) is -3.55. The average molecular weight is 553 g/mol. The van der Waals surface area contributed by atoms with Gasteiger partial charge in [-0.3, -0.25) is 10.3 Å². The minimum atomic E-state index is -3.55. The second-order valence-corrected chi connectivity index (χ2v) is 13.9. The Morgan fingerprint density at radius 2 is 1.71 bits per heavy atom. The van der Waals surface area contributed by atoms with Gasteiger partial charge in [0.2, 0.25) is 0 Å². The molecule has 0 amide bonds. The molecule has 1 aliphatic heterocycles. The van der Waals surface area contributed by atoms with E-state index in [2.05, 4.69) is 61.6 Å². The molecule has 4 aromatic rings. The molecule has 10 nitrogen and oxygen atoms in total. The van der Waals surface area contributed by atoms with E-state index in [4.69, 9.17) is 0 Å². The maximum absolute atomic E-state index is 13.0. The van der Waals surface area contributed by atoms with E-state index in [1.165, 1.54) is 6.26 Å². The lowest BCUT2D eigenvalue weighted by molar-refractivity contribution is 0.387. The highest BCUT2D eigenvalue weighted by Gasteiger charge is 2.41. The molecule has 5 rings (SSSR count). The first-order valence-electron chi connectivity index (χ1n) is 12.2. The van der Waals surface area contributed by atoms with Crippen molar-refractivity contribution in [3.63, 3.8) is 0 Å². The fourth-order valence-corrected chi connectivity index (χ4v) is 6.80. The second-order valence-electron chi connectivity index (χ2n) is 10.6. The number of H-pyrrole nitrogens is 1. The Bertz CT molecular complexity index is 1670. The van der Waals surface area contributed by atoms with E-state index in [1.807, 2.05) is 32.9 Å². The molecule has 4 heterocycles. The SMILES string of the molecule is Cc1nc2nc(Nc3cnc(C)c(C)n3)cc(Nc3ccc(C4(C)NC(C)(C)CS4)cc3S(C)(=O)=O)c2[nH]1. The molecular formula is C26H32N8O2S2. The smallest absolute Gasteiger partial charge is 0.181 e. The highest BCUT2D eigenvalue weighted by molar-refractivity contribution is 8.00. The van der Waals surface area contributed by atoms with Crippen LogP contribution in [0.1, 0.15) is 43.5 Å². The van der Waals surface area contributed by atoms with Crippen LogP contribution in [-0.2, 0) is 14.7 Å². The van der Waals surface area contributed by atoms with E-state index in [9.17, 15) is 8.42 Å². The number of nitrogens with one attached hydrogen (secondary N) is 4. The summed E-state index contributed by atoms with van der Waals surface area (Å²) in [4.78, 5) is 21.1. The Morgan fingerprint density at radius 3 is 2.37 bits per heavy atom. The lowest BCUT2D eigenvalue weighted by atomic mass is 10.0. The second kappa shape index (κ2) is 9.21. The fourth-order valence-electron chi connectivity index (χ4n) is 4.57. The van der Waals surface area contributed by atoms with Crippen molar-refractivity contribution < 1.29 is 8.42 Å². The zero-order chi connectivity index (χ0) is 27.5. The number of anilines is 4. The van der Waals surface area contributed by atoms with Gasteiger partial charge < -0.3 is 15.6 Å². The van der Waals surface area contributed by atoms with Gasteiger partial charge in [-0.1, -0.05) is 6.07 Å². The standard InChI is InChI=1S/C26H32N8O2S2/c1-14-15(2)28-22(12-27-14)32-21-11-19(23-24(33-21)30-16(3)29-23)31-18-9-8-17(10-20(18)38(7,35)36)26(6)34-25(4,5)13-37-26/h8-12,34H,13H2,1-7H3,(H3,28,29,30,31,32,33). The molecule has 1 saturated heterocycles. The Labute approximate surface area is 226 Å². The lowest BCUT2D eigenvalue weighted by Gasteiger charge is -2.29. The third-order valence-electron chi connectivity index (χ3n) is 6.53. The maximum atomic E-state index is 13.0. The number of thioether (sulfide) groups is 1. The normalized spacial score (nSPS) is 19.1. The van der Waals surface area contributed by atoms with Crippen molar-refractivity contribution in [3.05, 3.63) is 53.2 Å². The number of pyridine rings is 1. The van der Waals surface area contributed by atoms with Crippen LogP contribution in [-0.4, -0.2) is 50.9 Å². The van der Waals surface area contributed by atoms with Gasteiger partial charge in [-0.25, -0.2) is 23.4 Å². The molecule has 12 heteroatoms. The van der Waals surface area contributed by atoms with Gasteiger partial charge in [0, 0.05) is 23.6 Å². The Kier molecular flexibility index (Phi) is 6.40. The van der Waals surface area contributed by atoms with Gasteiger partial charge in [-0.05, 0) is 59.2 Å². The number of sulfone groups is 1. The Hall–Kier alpha value is -3.22. The Balaban J connectivity index is 1.56. The number of fused-ring (bicyclic) bond motifs is 1. The lowest BCUT2D eigenvalue weighted by Crippen LogP contribution is -2.43. The van der Waals surface area contributed by atoms with Crippen LogP contribution in [0.2, 0.25) is 0 Å². The average Bonchev–Trinajstić information content (AvgIpc) is 3.34. The summed E-state index contributed by atoms with van der Waals surface area (Å²) in [6, 6.07) is 7.36. The molecule has 0 radical (unpaired) electrons. The summed E-state index contributed by atoms with van der Waals surface area (Å²) < 4.78 is 25.9. The van der Waals surface area contributed by atoms with Crippen LogP contribution in [0.15, 0.2) is 35.4 Å². The fraction of sp³-hybridized carbons (Fsp3) is 0.385. The molecule has 38 heavy (non-hydrogen) atoms. The van der Waals surface area contributed by atoms with Crippen LogP contribution in [0.4, 0.5) is 23.0 Å². The van der Waals surface area contributed by atoms with Crippen LogP contribution < -0.4 is 16.0 Å². The van der Waals surface area contributed by atoms with Crippen molar-refractivity contribution in [2.45, 2.75) is 56.8 Å². The minimum Gasteiger partial charge on any atom is -0.353 e. The van der Waals surface area contributed by atoms with Crippen LogP contribution >= 0.6 is 11.8 Å².